The van der Waals surface area contributed by atoms with Gasteiger partial charge in [0.1, 0.15) is 11.6 Å². The molecule has 150 valence electrons. The molecule has 1 fully saturated rings. The van der Waals surface area contributed by atoms with Crippen LogP contribution in [0.4, 0.5) is 11.4 Å². The van der Waals surface area contributed by atoms with Gasteiger partial charge in [0.25, 0.3) is 0 Å². The van der Waals surface area contributed by atoms with Crippen LogP contribution in [-0.2, 0) is 14.8 Å². The summed E-state index contributed by atoms with van der Waals surface area (Å²) in [7, 11) is -4.05. The Balaban J connectivity index is 1.87. The molecule has 0 spiro atoms. The maximum atomic E-state index is 12.8. The van der Waals surface area contributed by atoms with Gasteiger partial charge < -0.3 is 20.5 Å². The van der Waals surface area contributed by atoms with Gasteiger partial charge in [-0.2, -0.15) is 4.31 Å². The normalized spacial score (nSPS) is 14.8. The van der Waals surface area contributed by atoms with Gasteiger partial charge in [-0.3, -0.25) is 0 Å². The van der Waals surface area contributed by atoms with E-state index >= 15 is 0 Å². The lowest BCUT2D eigenvalue weighted by atomic mass is 10.3. The summed E-state index contributed by atoms with van der Waals surface area (Å²) in [6.07, 6.45) is 0. The van der Waals surface area contributed by atoms with Crippen LogP contribution in [0.15, 0.2) is 35.2 Å². The van der Waals surface area contributed by atoms with Crippen molar-refractivity contribution in [3.63, 3.8) is 0 Å². The van der Waals surface area contributed by atoms with E-state index in [9.17, 15) is 13.5 Å². The Morgan fingerprint density at radius 2 is 1.82 bits per heavy atom. The Morgan fingerprint density at radius 1 is 1.11 bits per heavy atom. The zero-order valence-electron chi connectivity index (χ0n) is 14.1. The van der Waals surface area contributed by atoms with E-state index in [4.69, 9.17) is 51.8 Å². The van der Waals surface area contributed by atoms with Gasteiger partial charge in [-0.05, 0) is 36.5 Å². The van der Waals surface area contributed by atoms with Crippen molar-refractivity contribution in [2.45, 2.75) is 4.90 Å². The average Bonchev–Trinajstić information content (AvgIpc) is 3.17. The number of phenols is 1. The van der Waals surface area contributed by atoms with Gasteiger partial charge in [0.15, 0.2) is 10.9 Å². The Morgan fingerprint density at radius 3 is 2.50 bits per heavy atom. The third-order valence-corrected chi connectivity index (χ3v) is 7.20. The predicted molar refractivity (Wildman–Crippen MR) is 114 cm³/mol. The maximum Gasteiger partial charge on any atom is 0.250 e. The molecule has 0 radical (unpaired) electrons. The van der Waals surface area contributed by atoms with Crippen molar-refractivity contribution in [2.24, 2.45) is 0 Å². The summed E-state index contributed by atoms with van der Waals surface area (Å²) in [6.45, 7) is 0.329. The number of aromatic hydroxyl groups is 1. The molecule has 0 amide bonds. The number of halogens is 3. The number of benzene rings is 2. The van der Waals surface area contributed by atoms with E-state index in [0.29, 0.717) is 10.7 Å². The van der Waals surface area contributed by atoms with Gasteiger partial charge in [0, 0.05) is 6.54 Å². The van der Waals surface area contributed by atoms with Crippen molar-refractivity contribution in [3.05, 3.63) is 45.4 Å². The van der Waals surface area contributed by atoms with Gasteiger partial charge in [-0.1, -0.05) is 40.9 Å². The number of hydrogen-bond acceptors (Lipinski definition) is 5. The summed E-state index contributed by atoms with van der Waals surface area (Å²) < 4.78 is 31.7. The molecule has 7 nitrogen and oxygen atoms in total. The van der Waals surface area contributed by atoms with Crippen molar-refractivity contribution in [1.82, 2.24) is 4.31 Å². The minimum absolute atomic E-state index is 0.0544. The van der Waals surface area contributed by atoms with Crippen LogP contribution in [0.3, 0.4) is 0 Å². The highest BCUT2D eigenvalue weighted by Crippen LogP contribution is 2.39. The minimum atomic E-state index is -4.05. The van der Waals surface area contributed by atoms with Crippen LogP contribution in [0.2, 0.25) is 15.1 Å². The number of nitrogens with one attached hydrogen (secondary N) is 2. The lowest BCUT2D eigenvalue weighted by Crippen LogP contribution is -2.29. The molecule has 2 aromatic rings. The van der Waals surface area contributed by atoms with E-state index in [1.165, 1.54) is 12.1 Å². The van der Waals surface area contributed by atoms with E-state index in [2.05, 4.69) is 10.6 Å². The Labute approximate surface area is 182 Å². The fourth-order valence-electron chi connectivity index (χ4n) is 2.48. The fourth-order valence-corrected chi connectivity index (χ4v) is 4.95. The lowest BCUT2D eigenvalue weighted by Gasteiger charge is -2.19. The standard InChI is InChI=1S/C16H14Cl3N3O4S2/c17-9-2-1-3-11(13(9)19)20-16(27)21-12-5-4-10(18)15(14(12)23)28(24,25)22-6-7-26-8-22/h1-5,23H,6-8H2,(H2,20,21,27). The average molecular weight is 483 g/mol. The number of ether oxygens (including phenoxy) is 1. The number of sulfonamides is 1. The van der Waals surface area contributed by atoms with Gasteiger partial charge in [0.2, 0.25) is 10.0 Å². The second-order valence-electron chi connectivity index (χ2n) is 5.67. The summed E-state index contributed by atoms with van der Waals surface area (Å²) in [4.78, 5) is -0.423. The van der Waals surface area contributed by atoms with Crippen LogP contribution < -0.4 is 10.6 Å². The third-order valence-electron chi connectivity index (χ3n) is 3.85. The Kier molecular flexibility index (Phi) is 6.55. The molecule has 1 aliphatic heterocycles. The molecule has 3 N–H and O–H groups in total. The first-order valence-electron chi connectivity index (χ1n) is 7.83. The predicted octanol–water partition coefficient (Wildman–Crippen LogP) is 4.14. The highest BCUT2D eigenvalue weighted by molar-refractivity contribution is 7.89. The number of rotatable bonds is 4. The zero-order chi connectivity index (χ0) is 20.5. The summed E-state index contributed by atoms with van der Waals surface area (Å²) in [6, 6.07) is 7.72. The first kappa shape index (κ1) is 21.4. The summed E-state index contributed by atoms with van der Waals surface area (Å²) >= 11 is 23.3. The molecule has 1 saturated heterocycles. The first-order chi connectivity index (χ1) is 13.2. The third kappa shape index (κ3) is 4.30. The SMILES string of the molecule is O=S(=O)(c1c(Cl)ccc(NC(=S)Nc2cccc(Cl)c2Cl)c1O)N1CCOC1. The van der Waals surface area contributed by atoms with Crippen molar-refractivity contribution in [2.75, 3.05) is 30.5 Å². The summed E-state index contributed by atoms with van der Waals surface area (Å²) in [5.74, 6) is -0.555. The molecule has 28 heavy (non-hydrogen) atoms. The molecule has 0 unspecified atom stereocenters. The van der Waals surface area contributed by atoms with Crippen LogP contribution in [0.5, 0.6) is 5.75 Å². The molecule has 0 saturated carbocycles. The van der Waals surface area contributed by atoms with Crippen LogP contribution in [-0.4, -0.2) is 42.8 Å². The Bertz CT molecular complexity index is 1030. The zero-order valence-corrected chi connectivity index (χ0v) is 18.0. The second-order valence-corrected chi connectivity index (χ2v) is 9.15. The lowest BCUT2D eigenvalue weighted by molar-refractivity contribution is 0.172. The highest BCUT2D eigenvalue weighted by atomic mass is 35.5. The van der Waals surface area contributed by atoms with Gasteiger partial charge in [-0.15, -0.1) is 0 Å². The fraction of sp³-hybridized carbons (Fsp3) is 0.188. The molecule has 0 bridgehead atoms. The van der Waals surface area contributed by atoms with E-state index < -0.39 is 20.7 Å². The van der Waals surface area contributed by atoms with E-state index in [0.717, 1.165) is 4.31 Å². The molecular weight excluding hydrogens is 469 g/mol. The van der Waals surface area contributed by atoms with Gasteiger partial charge in [-0.25, -0.2) is 8.42 Å². The van der Waals surface area contributed by atoms with Gasteiger partial charge in [0.05, 0.1) is 33.0 Å². The quantitative estimate of drug-likeness (QED) is 0.446. The molecule has 1 aliphatic rings. The van der Waals surface area contributed by atoms with Crippen LogP contribution >= 0.6 is 47.0 Å². The molecule has 0 aliphatic carbocycles. The number of phenolic OH excluding ortho intramolecular Hbond substituents is 1. The summed E-state index contributed by atoms with van der Waals surface area (Å²) in [5.41, 5.74) is 0.501. The first-order valence-corrected chi connectivity index (χ1v) is 10.8. The van der Waals surface area contributed by atoms with Gasteiger partial charge >= 0.3 is 0 Å². The van der Waals surface area contributed by atoms with E-state index in [-0.39, 0.29) is 40.7 Å². The number of hydrogen-bond donors (Lipinski definition) is 3. The monoisotopic (exact) mass is 481 g/mol. The van der Waals surface area contributed by atoms with Crippen molar-refractivity contribution < 1.29 is 18.3 Å². The second kappa shape index (κ2) is 8.58. The molecule has 0 aromatic heterocycles. The topological polar surface area (TPSA) is 90.9 Å². The molecule has 12 heteroatoms. The van der Waals surface area contributed by atoms with E-state index in [1.54, 1.807) is 18.2 Å². The Hall–Kier alpha value is -1.33. The molecule has 3 rings (SSSR count). The van der Waals surface area contributed by atoms with Crippen molar-refractivity contribution in [3.8, 4) is 5.75 Å². The van der Waals surface area contributed by atoms with Crippen molar-refractivity contribution in [1.29, 1.82) is 0 Å². The molecule has 1 heterocycles. The minimum Gasteiger partial charge on any atom is -0.504 e. The smallest absolute Gasteiger partial charge is 0.250 e. The largest absolute Gasteiger partial charge is 0.504 e. The maximum absolute atomic E-state index is 12.8. The number of anilines is 2. The van der Waals surface area contributed by atoms with Crippen LogP contribution in [0.25, 0.3) is 0 Å². The van der Waals surface area contributed by atoms with Crippen molar-refractivity contribution >= 4 is 73.5 Å². The highest BCUT2D eigenvalue weighted by Gasteiger charge is 2.33. The number of thiocarbonyl (C=S) groups is 1. The van der Waals surface area contributed by atoms with Crippen LogP contribution in [0, 0.1) is 0 Å². The molecular formula is C16H14Cl3N3O4S2. The van der Waals surface area contributed by atoms with E-state index in [1.807, 2.05) is 0 Å². The summed E-state index contributed by atoms with van der Waals surface area (Å²) in [5, 5.41) is 16.7. The molecule has 2 aromatic carbocycles. The number of nitrogens with zero attached hydrogens (tertiary/aromatic N) is 1. The van der Waals surface area contributed by atoms with Crippen LogP contribution in [0.1, 0.15) is 0 Å². The molecule has 0 atom stereocenters.